The van der Waals surface area contributed by atoms with Crippen LogP contribution < -0.4 is 16.8 Å². The molecule has 0 heterocycles. The van der Waals surface area contributed by atoms with Crippen LogP contribution in [0.25, 0.3) is 0 Å². The Kier molecular flexibility index (Phi) is 69.3. The molecule has 0 saturated heterocycles. The van der Waals surface area contributed by atoms with Crippen LogP contribution in [0.4, 0.5) is 14.4 Å². The molecule has 328 valence electrons. The van der Waals surface area contributed by atoms with Gasteiger partial charge in [-0.25, -0.2) is 14.4 Å². The van der Waals surface area contributed by atoms with E-state index in [-0.39, 0.29) is 0 Å². The van der Waals surface area contributed by atoms with Gasteiger partial charge >= 0.3 is 18.3 Å². The second kappa shape index (κ2) is 59.9. The topological polar surface area (TPSA) is 233 Å². The normalized spacial score (nSPS) is 9.24. The SMILES string of the molecule is CCCCN(CCCC)C(=O)O.CCCCN(CCCC)C(=O)O.CCCCN(CCCC)C(=O)O.CCCCNCCCC.N#CCCN.N#CCCN. The van der Waals surface area contributed by atoms with Crippen molar-refractivity contribution < 1.29 is 29.7 Å². The van der Waals surface area contributed by atoms with Gasteiger partial charge in [0.15, 0.2) is 0 Å². The van der Waals surface area contributed by atoms with Crippen LogP contribution in [0.15, 0.2) is 0 Å². The lowest BCUT2D eigenvalue weighted by Crippen LogP contribution is -2.31. The van der Waals surface area contributed by atoms with E-state index in [2.05, 4.69) is 60.7 Å². The summed E-state index contributed by atoms with van der Waals surface area (Å²) in [4.78, 5) is 36.4. The van der Waals surface area contributed by atoms with Crippen LogP contribution in [-0.4, -0.2) is 114 Å². The first-order chi connectivity index (χ1) is 26.4. The molecule has 0 aliphatic carbocycles. The predicted molar refractivity (Wildman–Crippen MR) is 229 cm³/mol. The molecule has 0 aromatic rings. The smallest absolute Gasteiger partial charge is 0.407 e. The van der Waals surface area contributed by atoms with Crippen LogP contribution in [0.3, 0.4) is 0 Å². The third-order valence-electron chi connectivity index (χ3n) is 7.43. The zero-order chi connectivity index (χ0) is 43.4. The van der Waals surface area contributed by atoms with E-state index in [1.54, 1.807) is 0 Å². The summed E-state index contributed by atoms with van der Waals surface area (Å²) in [7, 11) is 0. The zero-order valence-electron chi connectivity index (χ0n) is 36.8. The Balaban J connectivity index is -0.000000135. The van der Waals surface area contributed by atoms with Crippen molar-refractivity contribution in [2.75, 3.05) is 65.4 Å². The summed E-state index contributed by atoms with van der Waals surface area (Å²) in [6.45, 7) is 24.4. The van der Waals surface area contributed by atoms with Crippen molar-refractivity contribution >= 4 is 18.3 Å². The third kappa shape index (κ3) is 65.9. The fourth-order valence-electron chi connectivity index (χ4n) is 3.86. The molecule has 0 atom stereocenters. The van der Waals surface area contributed by atoms with Gasteiger partial charge in [0.25, 0.3) is 0 Å². The van der Waals surface area contributed by atoms with E-state index in [0.717, 1.165) is 77.0 Å². The number of carboxylic acid groups (broad SMARTS) is 3. The molecule has 3 amide bonds. The summed E-state index contributed by atoms with van der Waals surface area (Å²) >= 11 is 0. The van der Waals surface area contributed by atoms with Crippen molar-refractivity contribution in [1.29, 1.82) is 10.5 Å². The molecule has 14 heteroatoms. The van der Waals surface area contributed by atoms with Gasteiger partial charge in [-0.05, 0) is 64.5 Å². The Morgan fingerprint density at radius 1 is 0.455 bits per heavy atom. The van der Waals surface area contributed by atoms with Gasteiger partial charge in [-0.2, -0.15) is 10.5 Å². The lowest BCUT2D eigenvalue weighted by molar-refractivity contribution is 0.142. The Hall–Kier alpha value is -3.33. The first kappa shape index (κ1) is 63.6. The zero-order valence-corrected chi connectivity index (χ0v) is 36.8. The van der Waals surface area contributed by atoms with Crippen molar-refractivity contribution in [1.82, 2.24) is 20.0 Å². The summed E-state index contributed by atoms with van der Waals surface area (Å²) in [6, 6.07) is 3.78. The standard InChI is InChI=1S/3C9H19NO2.C8H19N.2C3H6N2/c3*1-3-5-7-10(9(11)12)8-6-4-2;1-3-5-7-9-8-6-4-2;2*4-2-1-3-5/h3*3-8H2,1-2H3,(H,11,12);9H,3-8H2,1-2H3;2*1-2,4H2. The minimum Gasteiger partial charge on any atom is -0.465 e. The largest absolute Gasteiger partial charge is 0.465 e. The maximum absolute atomic E-state index is 10.6. The Morgan fingerprint density at radius 2 is 0.655 bits per heavy atom. The number of nitriles is 2. The van der Waals surface area contributed by atoms with Gasteiger partial charge in [-0.1, -0.05) is 107 Å². The molecule has 0 aromatic carbocycles. The first-order valence-electron chi connectivity index (χ1n) is 21.2. The van der Waals surface area contributed by atoms with Gasteiger partial charge in [0.2, 0.25) is 0 Å². The van der Waals surface area contributed by atoms with Gasteiger partial charge in [0, 0.05) is 65.2 Å². The van der Waals surface area contributed by atoms with Crippen LogP contribution in [0.5, 0.6) is 0 Å². The molecule has 0 spiro atoms. The van der Waals surface area contributed by atoms with E-state index < -0.39 is 18.3 Å². The number of amides is 3. The van der Waals surface area contributed by atoms with E-state index in [1.807, 2.05) is 12.1 Å². The lowest BCUT2D eigenvalue weighted by Gasteiger charge is -2.17. The molecule has 0 saturated carbocycles. The van der Waals surface area contributed by atoms with Crippen LogP contribution in [0.1, 0.15) is 171 Å². The molecule has 0 aliphatic heterocycles. The molecule has 8 N–H and O–H groups in total. The molecule has 14 nitrogen and oxygen atoms in total. The summed E-state index contributed by atoms with van der Waals surface area (Å²) in [6.07, 6.45) is 16.0. The average molecular weight is 789 g/mol. The van der Waals surface area contributed by atoms with E-state index >= 15 is 0 Å². The molecule has 0 bridgehead atoms. The fraction of sp³-hybridized carbons (Fsp3) is 0.878. The van der Waals surface area contributed by atoms with Crippen molar-refractivity contribution in [3.8, 4) is 12.1 Å². The summed E-state index contributed by atoms with van der Waals surface area (Å²) in [5, 5.41) is 45.1. The summed E-state index contributed by atoms with van der Waals surface area (Å²) < 4.78 is 0. The number of nitrogens with one attached hydrogen (secondary N) is 1. The Labute approximate surface area is 338 Å². The fourth-order valence-corrected chi connectivity index (χ4v) is 3.86. The number of hydrogen-bond acceptors (Lipinski definition) is 8. The van der Waals surface area contributed by atoms with Gasteiger partial charge in [0.1, 0.15) is 0 Å². The second-order valence-corrected chi connectivity index (χ2v) is 12.8. The highest BCUT2D eigenvalue weighted by Gasteiger charge is 2.10. The predicted octanol–water partition coefficient (Wildman–Crippen LogP) is 9.59. The Morgan fingerprint density at radius 3 is 0.764 bits per heavy atom. The lowest BCUT2D eigenvalue weighted by atomic mass is 10.3. The molecular formula is C41H88N8O6. The molecule has 0 rings (SSSR count). The molecule has 0 unspecified atom stereocenters. The maximum Gasteiger partial charge on any atom is 0.407 e. The first-order valence-corrected chi connectivity index (χ1v) is 21.2. The molecule has 0 aliphatic rings. The molecule has 0 aromatic heterocycles. The van der Waals surface area contributed by atoms with Gasteiger partial charge in [-0.3, -0.25) is 0 Å². The van der Waals surface area contributed by atoms with E-state index in [9.17, 15) is 14.4 Å². The molecular weight excluding hydrogens is 701 g/mol. The van der Waals surface area contributed by atoms with E-state index in [0.29, 0.717) is 65.2 Å². The second-order valence-electron chi connectivity index (χ2n) is 12.8. The number of nitrogens with zero attached hydrogens (tertiary/aromatic N) is 5. The molecule has 55 heavy (non-hydrogen) atoms. The van der Waals surface area contributed by atoms with Crippen molar-refractivity contribution in [3.05, 3.63) is 0 Å². The van der Waals surface area contributed by atoms with Gasteiger partial charge in [-0.15, -0.1) is 0 Å². The number of hydrogen-bond donors (Lipinski definition) is 6. The van der Waals surface area contributed by atoms with Crippen molar-refractivity contribution in [2.45, 2.75) is 171 Å². The quantitative estimate of drug-likeness (QED) is 0.0452. The number of unbranched alkanes of at least 4 members (excludes halogenated alkanes) is 8. The van der Waals surface area contributed by atoms with Crippen molar-refractivity contribution in [3.63, 3.8) is 0 Å². The number of nitrogens with two attached hydrogens (primary N) is 2. The molecule has 0 radical (unpaired) electrons. The maximum atomic E-state index is 10.6. The third-order valence-corrected chi connectivity index (χ3v) is 7.43. The van der Waals surface area contributed by atoms with Crippen LogP contribution in [0.2, 0.25) is 0 Å². The van der Waals surface area contributed by atoms with Crippen LogP contribution >= 0.6 is 0 Å². The average Bonchev–Trinajstić information content (AvgIpc) is 3.16. The Bertz CT molecular complexity index is 738. The van der Waals surface area contributed by atoms with E-state index in [4.69, 9.17) is 37.3 Å². The van der Waals surface area contributed by atoms with Crippen LogP contribution in [-0.2, 0) is 0 Å². The molecule has 0 fully saturated rings. The van der Waals surface area contributed by atoms with Crippen molar-refractivity contribution in [2.24, 2.45) is 11.5 Å². The number of rotatable bonds is 26. The van der Waals surface area contributed by atoms with Gasteiger partial charge in [0.05, 0.1) is 12.1 Å². The monoisotopic (exact) mass is 789 g/mol. The highest BCUT2D eigenvalue weighted by Crippen LogP contribution is 2.01. The minimum absolute atomic E-state index is 0.472. The van der Waals surface area contributed by atoms with Crippen LogP contribution in [0, 0.1) is 22.7 Å². The summed E-state index contributed by atoms with van der Waals surface area (Å²) in [5.74, 6) is 0. The van der Waals surface area contributed by atoms with Gasteiger partial charge < -0.3 is 46.8 Å². The summed E-state index contributed by atoms with van der Waals surface area (Å²) in [5.41, 5.74) is 9.83. The highest BCUT2D eigenvalue weighted by molar-refractivity contribution is 5.65. The minimum atomic E-state index is -0.781. The highest BCUT2D eigenvalue weighted by atomic mass is 16.4. The number of carbonyl (C=O) groups is 3. The van der Waals surface area contributed by atoms with E-state index in [1.165, 1.54) is 53.5 Å².